The van der Waals surface area contributed by atoms with E-state index < -0.39 is 11.9 Å². The molecule has 15 heavy (non-hydrogen) atoms. The number of benzene rings is 1. The third-order valence-corrected chi connectivity index (χ3v) is 1.50. The number of carbonyl (C=O) groups is 2. The molecule has 0 saturated heterocycles. The van der Waals surface area contributed by atoms with Crippen molar-refractivity contribution in [3.63, 3.8) is 0 Å². The normalized spacial score (nSPS) is 8.67. The fourth-order valence-electron chi connectivity index (χ4n) is 0.879. The third kappa shape index (κ3) is 3.55. The van der Waals surface area contributed by atoms with Gasteiger partial charge in [-0.15, -0.1) is 0 Å². The largest absolute Gasteiger partial charge is 0.372 e. The first-order chi connectivity index (χ1) is 6.69. The summed E-state index contributed by atoms with van der Waals surface area (Å²) in [5.74, 6) is -2.00. The van der Waals surface area contributed by atoms with Gasteiger partial charge in [0.1, 0.15) is 0 Å². The van der Waals surface area contributed by atoms with Gasteiger partial charge in [-0.2, -0.15) is 10.5 Å². The minimum absolute atomic E-state index is 0. The van der Waals surface area contributed by atoms with Crippen LogP contribution in [0.15, 0.2) is 24.3 Å². The van der Waals surface area contributed by atoms with E-state index in [9.17, 15) is 9.59 Å². The van der Waals surface area contributed by atoms with E-state index in [4.69, 9.17) is 10.5 Å². The van der Waals surface area contributed by atoms with Crippen LogP contribution in [0.5, 0.6) is 0 Å². The average Bonchev–Trinajstić information content (AvgIpc) is 2.27. The van der Waals surface area contributed by atoms with Gasteiger partial charge in [-0.25, -0.2) is 9.59 Å². The quantitative estimate of drug-likeness (QED) is 0.622. The van der Waals surface area contributed by atoms with Crippen molar-refractivity contribution in [1.29, 1.82) is 0 Å². The molecule has 0 atom stereocenters. The van der Waals surface area contributed by atoms with Gasteiger partial charge in [-0.3, -0.25) is 9.78 Å². The van der Waals surface area contributed by atoms with E-state index in [0.717, 1.165) is 6.07 Å². The molecule has 0 aliphatic heterocycles. The van der Waals surface area contributed by atoms with E-state index in [1.165, 1.54) is 18.2 Å². The molecule has 0 unspecified atom stereocenters. The van der Waals surface area contributed by atoms with Crippen molar-refractivity contribution in [2.45, 2.75) is 0 Å². The first kappa shape index (κ1) is 14.0. The van der Waals surface area contributed by atoms with Crippen LogP contribution < -0.4 is 0 Å². The van der Waals surface area contributed by atoms with Crippen molar-refractivity contribution in [3.05, 3.63) is 35.4 Å². The van der Waals surface area contributed by atoms with E-state index >= 15 is 0 Å². The molecule has 7 heteroatoms. The Kier molecular flexibility index (Phi) is 6.00. The van der Waals surface area contributed by atoms with Crippen molar-refractivity contribution >= 4 is 11.9 Å². The second kappa shape index (κ2) is 6.45. The molecule has 0 amide bonds. The topological polar surface area (TPSA) is 93.1 Å². The SMILES string of the molecule is O=C(OO)c1cccc(C(=O)OO)c1.[Zr]. The van der Waals surface area contributed by atoms with Crippen molar-refractivity contribution < 1.29 is 56.1 Å². The zero-order valence-electron chi connectivity index (χ0n) is 7.34. The number of carbonyl (C=O) groups excluding carboxylic acids is 2. The van der Waals surface area contributed by atoms with Crippen LogP contribution in [0, 0.1) is 0 Å². The van der Waals surface area contributed by atoms with Gasteiger partial charge < -0.3 is 0 Å². The van der Waals surface area contributed by atoms with Gasteiger partial charge in [0.15, 0.2) is 0 Å². The summed E-state index contributed by atoms with van der Waals surface area (Å²) >= 11 is 0. The fourth-order valence-corrected chi connectivity index (χ4v) is 0.879. The number of rotatable bonds is 2. The van der Waals surface area contributed by atoms with Gasteiger partial charge in [0, 0.05) is 26.2 Å². The minimum atomic E-state index is -1.00. The maximum atomic E-state index is 10.8. The second-order valence-corrected chi connectivity index (χ2v) is 2.34. The standard InChI is InChI=1S/C8H6O6.Zr/c9-7(13-11)5-2-1-3-6(4-5)8(10)14-12;/h1-4,11-12H;. The zero-order chi connectivity index (χ0) is 10.6. The average molecular weight is 289 g/mol. The Bertz CT molecular complexity index is 333. The van der Waals surface area contributed by atoms with Gasteiger partial charge in [-0.1, -0.05) is 6.07 Å². The van der Waals surface area contributed by atoms with Crippen molar-refractivity contribution in [3.8, 4) is 0 Å². The first-order valence-corrected chi connectivity index (χ1v) is 3.50. The predicted molar refractivity (Wildman–Crippen MR) is 42.5 cm³/mol. The molecule has 0 aliphatic rings. The summed E-state index contributed by atoms with van der Waals surface area (Å²) in [6.07, 6.45) is 0. The van der Waals surface area contributed by atoms with E-state index in [2.05, 4.69) is 9.78 Å². The Labute approximate surface area is 103 Å². The molecule has 1 aromatic rings. The Morgan fingerprint density at radius 1 is 1.00 bits per heavy atom. The van der Waals surface area contributed by atoms with E-state index in [0.29, 0.717) is 0 Å². The summed E-state index contributed by atoms with van der Waals surface area (Å²) in [5, 5.41) is 16.1. The summed E-state index contributed by atoms with van der Waals surface area (Å²) in [6, 6.07) is 5.13. The molecule has 0 aromatic heterocycles. The van der Waals surface area contributed by atoms with Gasteiger partial charge in [-0.05, 0) is 18.2 Å². The number of hydrogen-bond acceptors (Lipinski definition) is 6. The molecular weight excluding hydrogens is 283 g/mol. The second-order valence-electron chi connectivity index (χ2n) is 2.34. The molecule has 1 aromatic carbocycles. The molecule has 2 N–H and O–H groups in total. The zero-order valence-corrected chi connectivity index (χ0v) is 9.79. The monoisotopic (exact) mass is 288 g/mol. The summed E-state index contributed by atoms with van der Waals surface area (Å²) in [4.78, 5) is 28.5. The Morgan fingerprint density at radius 3 is 1.73 bits per heavy atom. The fraction of sp³-hybridized carbons (Fsp3) is 0. The van der Waals surface area contributed by atoms with E-state index in [1.54, 1.807) is 0 Å². The van der Waals surface area contributed by atoms with Gasteiger partial charge >= 0.3 is 11.9 Å². The van der Waals surface area contributed by atoms with Gasteiger partial charge in [0.05, 0.1) is 11.1 Å². The van der Waals surface area contributed by atoms with Crippen LogP contribution in [-0.4, -0.2) is 22.5 Å². The molecule has 0 aliphatic carbocycles. The van der Waals surface area contributed by atoms with Crippen LogP contribution in [0.3, 0.4) is 0 Å². The van der Waals surface area contributed by atoms with Crippen molar-refractivity contribution in [2.75, 3.05) is 0 Å². The van der Waals surface area contributed by atoms with Crippen LogP contribution in [0.4, 0.5) is 0 Å². The maximum absolute atomic E-state index is 10.8. The molecule has 0 heterocycles. The molecule has 0 saturated carbocycles. The predicted octanol–water partition coefficient (Wildman–Crippen LogP) is 0.944. The molecule has 0 bridgehead atoms. The van der Waals surface area contributed by atoms with E-state index in [-0.39, 0.29) is 37.3 Å². The summed E-state index contributed by atoms with van der Waals surface area (Å²) in [7, 11) is 0. The minimum Gasteiger partial charge on any atom is -0.296 e. The van der Waals surface area contributed by atoms with Crippen molar-refractivity contribution in [1.82, 2.24) is 0 Å². The Balaban J connectivity index is 0.00000196. The van der Waals surface area contributed by atoms with E-state index in [1.807, 2.05) is 0 Å². The Morgan fingerprint density at radius 2 is 1.40 bits per heavy atom. The van der Waals surface area contributed by atoms with Crippen LogP contribution in [0.2, 0.25) is 0 Å². The molecule has 0 spiro atoms. The molecular formula is C8H6O6Zr. The molecule has 0 fully saturated rings. The Hall–Kier alpha value is -1.04. The summed E-state index contributed by atoms with van der Waals surface area (Å²) in [6.45, 7) is 0. The first-order valence-electron chi connectivity index (χ1n) is 3.50. The third-order valence-electron chi connectivity index (χ3n) is 1.50. The molecule has 6 nitrogen and oxygen atoms in total. The number of hydrogen-bond donors (Lipinski definition) is 2. The summed E-state index contributed by atoms with van der Waals surface area (Å²) < 4.78 is 0. The van der Waals surface area contributed by atoms with Gasteiger partial charge in [0.25, 0.3) is 0 Å². The van der Waals surface area contributed by atoms with Crippen LogP contribution in [0.25, 0.3) is 0 Å². The molecule has 0 radical (unpaired) electrons. The molecule has 78 valence electrons. The smallest absolute Gasteiger partial charge is 0.296 e. The maximum Gasteiger partial charge on any atom is 0.372 e. The van der Waals surface area contributed by atoms with Gasteiger partial charge in [0.2, 0.25) is 0 Å². The molecule has 1 rings (SSSR count). The van der Waals surface area contributed by atoms with Crippen LogP contribution in [-0.2, 0) is 36.0 Å². The van der Waals surface area contributed by atoms with Crippen molar-refractivity contribution in [2.24, 2.45) is 0 Å². The summed E-state index contributed by atoms with van der Waals surface area (Å²) in [5.41, 5.74) is -0.0641. The van der Waals surface area contributed by atoms with Crippen LogP contribution >= 0.6 is 0 Å². The van der Waals surface area contributed by atoms with Crippen LogP contribution in [0.1, 0.15) is 20.7 Å².